The third-order valence-corrected chi connectivity index (χ3v) is 4.50. The van der Waals surface area contributed by atoms with Crippen LogP contribution in [0.1, 0.15) is 48.8 Å². The van der Waals surface area contributed by atoms with Gasteiger partial charge >= 0.3 is 0 Å². The topological polar surface area (TPSA) is 53.9 Å². The number of nitrogens with zero attached hydrogens (tertiary/aromatic N) is 3. The molecular formula is C17H24N4O. The van der Waals surface area contributed by atoms with Crippen LogP contribution < -0.4 is 0 Å². The van der Waals surface area contributed by atoms with Crippen LogP contribution in [0.25, 0.3) is 0 Å². The van der Waals surface area contributed by atoms with Crippen molar-refractivity contribution in [1.82, 2.24) is 19.7 Å². The molecule has 0 aliphatic carbocycles. The van der Waals surface area contributed by atoms with E-state index >= 15 is 0 Å². The lowest BCUT2D eigenvalue weighted by atomic mass is 9.99. The normalized spacial score (nSPS) is 18.6. The molecule has 0 saturated carbocycles. The minimum absolute atomic E-state index is 0.143. The maximum Gasteiger partial charge on any atom is 0.270 e. The molecule has 0 unspecified atom stereocenters. The van der Waals surface area contributed by atoms with Gasteiger partial charge in [-0.25, -0.2) is 0 Å². The van der Waals surface area contributed by atoms with Crippen molar-refractivity contribution in [1.29, 1.82) is 0 Å². The number of H-pyrrole nitrogens is 1. The van der Waals surface area contributed by atoms with Crippen molar-refractivity contribution >= 4 is 5.91 Å². The Balaban J connectivity index is 1.67. The zero-order chi connectivity index (χ0) is 15.4. The predicted molar refractivity (Wildman–Crippen MR) is 85.7 cm³/mol. The number of piperidine rings is 1. The number of nitrogens with one attached hydrogen (secondary N) is 1. The Hall–Kier alpha value is -2.04. The molecular weight excluding hydrogens is 276 g/mol. The van der Waals surface area contributed by atoms with Crippen LogP contribution in [0.2, 0.25) is 0 Å². The zero-order valence-corrected chi connectivity index (χ0v) is 13.2. The molecule has 0 bridgehead atoms. The fourth-order valence-electron chi connectivity index (χ4n) is 3.21. The summed E-state index contributed by atoms with van der Waals surface area (Å²) in [4.78, 5) is 18.1. The van der Waals surface area contributed by atoms with Gasteiger partial charge in [0.2, 0.25) is 0 Å². The SMILES string of the molecule is CCc1ccc(C(=O)N2CCCC[C@@H]2CCn2cccn2)[nH]1. The average molecular weight is 300 g/mol. The van der Waals surface area contributed by atoms with Crippen LogP contribution in [0, 0.1) is 0 Å². The molecule has 1 saturated heterocycles. The van der Waals surface area contributed by atoms with Crippen LogP contribution in [0.4, 0.5) is 0 Å². The highest BCUT2D eigenvalue weighted by molar-refractivity contribution is 5.92. The lowest BCUT2D eigenvalue weighted by Gasteiger charge is -2.35. The smallest absolute Gasteiger partial charge is 0.270 e. The summed E-state index contributed by atoms with van der Waals surface area (Å²) in [5, 5.41) is 4.25. The van der Waals surface area contributed by atoms with E-state index < -0.39 is 0 Å². The molecule has 2 aromatic rings. The lowest BCUT2D eigenvalue weighted by molar-refractivity contribution is 0.0588. The van der Waals surface area contributed by atoms with Crippen molar-refractivity contribution in [2.75, 3.05) is 6.54 Å². The monoisotopic (exact) mass is 300 g/mol. The molecule has 0 aromatic carbocycles. The van der Waals surface area contributed by atoms with E-state index in [9.17, 15) is 4.79 Å². The number of aryl methyl sites for hydroxylation is 2. The van der Waals surface area contributed by atoms with Crippen LogP contribution in [0.3, 0.4) is 0 Å². The van der Waals surface area contributed by atoms with Gasteiger partial charge in [-0.2, -0.15) is 5.10 Å². The Labute approximate surface area is 131 Å². The Morgan fingerprint density at radius 3 is 3.05 bits per heavy atom. The maximum absolute atomic E-state index is 12.8. The molecule has 1 amide bonds. The summed E-state index contributed by atoms with van der Waals surface area (Å²) >= 11 is 0. The summed E-state index contributed by atoms with van der Waals surface area (Å²) in [5.74, 6) is 0.143. The van der Waals surface area contributed by atoms with Crippen molar-refractivity contribution in [3.05, 3.63) is 42.0 Å². The van der Waals surface area contributed by atoms with E-state index in [-0.39, 0.29) is 5.91 Å². The van der Waals surface area contributed by atoms with Gasteiger partial charge in [0.25, 0.3) is 5.91 Å². The number of rotatable bonds is 5. The van der Waals surface area contributed by atoms with Gasteiger partial charge in [-0.05, 0) is 50.3 Å². The Morgan fingerprint density at radius 2 is 2.32 bits per heavy atom. The Morgan fingerprint density at radius 1 is 1.41 bits per heavy atom. The number of hydrogen-bond acceptors (Lipinski definition) is 2. The summed E-state index contributed by atoms with van der Waals surface area (Å²) in [6, 6.07) is 6.18. The largest absolute Gasteiger partial charge is 0.354 e. The molecule has 1 aliphatic heterocycles. The summed E-state index contributed by atoms with van der Waals surface area (Å²) in [5.41, 5.74) is 1.84. The van der Waals surface area contributed by atoms with Gasteiger partial charge in [0, 0.05) is 37.2 Å². The average Bonchev–Trinajstić information content (AvgIpc) is 3.24. The highest BCUT2D eigenvalue weighted by Crippen LogP contribution is 2.22. The van der Waals surface area contributed by atoms with Crippen LogP contribution in [-0.2, 0) is 13.0 Å². The van der Waals surface area contributed by atoms with E-state index in [4.69, 9.17) is 0 Å². The second kappa shape index (κ2) is 6.81. The standard InChI is InChI=1S/C17H24N4O/c1-2-14-7-8-16(19-14)17(22)21-12-4-3-6-15(21)9-13-20-11-5-10-18-20/h5,7-8,10-11,15,19H,2-4,6,9,12-13H2,1H3/t15-/m1/s1. The number of aromatic nitrogens is 3. The molecule has 118 valence electrons. The highest BCUT2D eigenvalue weighted by atomic mass is 16.2. The number of carbonyl (C=O) groups excluding carboxylic acids is 1. The fourth-order valence-corrected chi connectivity index (χ4v) is 3.21. The van der Waals surface area contributed by atoms with Gasteiger partial charge in [0.1, 0.15) is 5.69 Å². The molecule has 1 atom stereocenters. The molecule has 1 N–H and O–H groups in total. The van der Waals surface area contributed by atoms with E-state index in [1.54, 1.807) is 6.20 Å². The molecule has 1 fully saturated rings. The van der Waals surface area contributed by atoms with Crippen molar-refractivity contribution in [2.24, 2.45) is 0 Å². The van der Waals surface area contributed by atoms with Crippen molar-refractivity contribution in [2.45, 2.75) is 51.6 Å². The number of hydrogen-bond donors (Lipinski definition) is 1. The Kier molecular flexibility index (Phi) is 4.61. The molecule has 22 heavy (non-hydrogen) atoms. The van der Waals surface area contributed by atoms with Gasteiger partial charge in [0.15, 0.2) is 0 Å². The lowest BCUT2D eigenvalue weighted by Crippen LogP contribution is -2.44. The number of likely N-dealkylation sites (tertiary alicyclic amines) is 1. The third kappa shape index (κ3) is 3.24. The van der Waals surface area contributed by atoms with E-state index in [1.807, 2.05) is 29.1 Å². The van der Waals surface area contributed by atoms with Gasteiger partial charge in [-0.3, -0.25) is 9.48 Å². The maximum atomic E-state index is 12.8. The first-order valence-electron chi connectivity index (χ1n) is 8.24. The molecule has 5 heteroatoms. The fraction of sp³-hybridized carbons (Fsp3) is 0.529. The number of aromatic amines is 1. The van der Waals surface area contributed by atoms with Crippen molar-refractivity contribution in [3.8, 4) is 0 Å². The van der Waals surface area contributed by atoms with Gasteiger partial charge in [0.05, 0.1) is 0 Å². The van der Waals surface area contributed by atoms with Crippen LogP contribution in [-0.4, -0.2) is 38.2 Å². The van der Waals surface area contributed by atoms with Gasteiger partial charge in [-0.1, -0.05) is 6.92 Å². The molecule has 3 rings (SSSR count). The van der Waals surface area contributed by atoms with Crippen LogP contribution in [0.5, 0.6) is 0 Å². The second-order valence-electron chi connectivity index (χ2n) is 5.96. The summed E-state index contributed by atoms with van der Waals surface area (Å²) in [6.45, 7) is 3.82. The first kappa shape index (κ1) is 14.9. The summed E-state index contributed by atoms with van der Waals surface area (Å²) < 4.78 is 1.95. The molecule has 1 aliphatic rings. The minimum atomic E-state index is 0.143. The molecule has 0 radical (unpaired) electrons. The van der Waals surface area contributed by atoms with Crippen molar-refractivity contribution < 1.29 is 4.79 Å². The van der Waals surface area contributed by atoms with Crippen molar-refractivity contribution in [3.63, 3.8) is 0 Å². The first-order chi connectivity index (χ1) is 10.8. The molecule has 0 spiro atoms. The van der Waals surface area contributed by atoms with Gasteiger partial charge in [-0.15, -0.1) is 0 Å². The molecule has 2 aromatic heterocycles. The van der Waals surface area contributed by atoms with Crippen LogP contribution >= 0.6 is 0 Å². The van der Waals surface area contributed by atoms with Gasteiger partial charge < -0.3 is 9.88 Å². The van der Waals surface area contributed by atoms with E-state index in [0.717, 1.165) is 50.2 Å². The molecule has 5 nitrogen and oxygen atoms in total. The van der Waals surface area contributed by atoms with Crippen LogP contribution in [0.15, 0.2) is 30.6 Å². The predicted octanol–water partition coefficient (Wildman–Crippen LogP) is 2.86. The Bertz CT molecular complexity index is 602. The second-order valence-corrected chi connectivity index (χ2v) is 5.96. The highest BCUT2D eigenvalue weighted by Gasteiger charge is 2.27. The minimum Gasteiger partial charge on any atom is -0.354 e. The third-order valence-electron chi connectivity index (χ3n) is 4.50. The van der Waals surface area contributed by atoms with E-state index in [1.165, 1.54) is 6.42 Å². The van der Waals surface area contributed by atoms with E-state index in [2.05, 4.69) is 21.9 Å². The number of amides is 1. The zero-order valence-electron chi connectivity index (χ0n) is 13.2. The summed E-state index contributed by atoms with van der Waals surface area (Å²) in [7, 11) is 0. The summed E-state index contributed by atoms with van der Waals surface area (Å²) in [6.07, 6.45) is 9.07. The number of carbonyl (C=O) groups is 1. The first-order valence-corrected chi connectivity index (χ1v) is 8.24. The van der Waals surface area contributed by atoms with E-state index in [0.29, 0.717) is 6.04 Å². The quantitative estimate of drug-likeness (QED) is 0.923. The molecule has 3 heterocycles.